The summed E-state index contributed by atoms with van der Waals surface area (Å²) in [4.78, 5) is 25.5. The maximum atomic E-state index is 12.6. The molecular formula is C18H15N5O2. The predicted octanol–water partition coefficient (Wildman–Crippen LogP) is 2.39. The predicted molar refractivity (Wildman–Crippen MR) is 92.0 cm³/mol. The molecule has 0 aliphatic rings. The normalized spacial score (nSPS) is 11.1. The van der Waals surface area contributed by atoms with Gasteiger partial charge in [0.2, 0.25) is 11.7 Å². The monoisotopic (exact) mass is 333 g/mol. The first-order chi connectivity index (χ1) is 12.2. The van der Waals surface area contributed by atoms with Gasteiger partial charge in [0.15, 0.2) is 0 Å². The molecular weight excluding hydrogens is 318 g/mol. The third kappa shape index (κ3) is 2.91. The van der Waals surface area contributed by atoms with Crippen molar-refractivity contribution in [2.24, 2.45) is 0 Å². The van der Waals surface area contributed by atoms with Crippen molar-refractivity contribution >= 4 is 10.9 Å². The lowest BCUT2D eigenvalue weighted by molar-refractivity contribution is 0.371. The molecule has 0 aliphatic heterocycles. The van der Waals surface area contributed by atoms with Gasteiger partial charge < -0.3 is 4.52 Å². The average molecular weight is 333 g/mol. The molecule has 0 N–H and O–H groups in total. The summed E-state index contributed by atoms with van der Waals surface area (Å²) in [7, 11) is 0. The van der Waals surface area contributed by atoms with Crippen LogP contribution in [0, 0.1) is 6.92 Å². The Morgan fingerprint density at radius 2 is 2.04 bits per heavy atom. The smallest absolute Gasteiger partial charge is 0.261 e. The Kier molecular flexibility index (Phi) is 3.81. The van der Waals surface area contributed by atoms with Crippen LogP contribution in [0.3, 0.4) is 0 Å². The Morgan fingerprint density at radius 1 is 1.12 bits per heavy atom. The minimum atomic E-state index is -0.0624. The van der Waals surface area contributed by atoms with Crippen molar-refractivity contribution < 1.29 is 4.52 Å². The van der Waals surface area contributed by atoms with Gasteiger partial charge in [-0.15, -0.1) is 0 Å². The average Bonchev–Trinajstić information content (AvgIpc) is 3.11. The highest BCUT2D eigenvalue weighted by molar-refractivity contribution is 5.80. The number of benzene rings is 1. The van der Waals surface area contributed by atoms with E-state index in [1.165, 1.54) is 0 Å². The largest absolute Gasteiger partial charge is 0.339 e. The molecule has 7 nitrogen and oxygen atoms in total. The second-order valence-corrected chi connectivity index (χ2v) is 5.69. The van der Waals surface area contributed by atoms with Crippen LogP contribution in [0.2, 0.25) is 0 Å². The Hall–Kier alpha value is -3.35. The van der Waals surface area contributed by atoms with E-state index in [2.05, 4.69) is 20.1 Å². The maximum Gasteiger partial charge on any atom is 0.261 e. The van der Waals surface area contributed by atoms with E-state index in [1.807, 2.05) is 43.3 Å². The molecule has 0 unspecified atom stereocenters. The van der Waals surface area contributed by atoms with Crippen LogP contribution in [0.5, 0.6) is 0 Å². The maximum absolute atomic E-state index is 12.6. The number of rotatable bonds is 4. The molecule has 7 heteroatoms. The number of aryl methyl sites for hydroxylation is 3. The first kappa shape index (κ1) is 15.2. The number of nitrogens with zero attached hydrogens (tertiary/aromatic N) is 5. The lowest BCUT2D eigenvalue weighted by Gasteiger charge is -2.06. The lowest BCUT2D eigenvalue weighted by atomic mass is 10.1. The van der Waals surface area contributed by atoms with E-state index in [4.69, 9.17) is 4.52 Å². The Balaban J connectivity index is 1.57. The van der Waals surface area contributed by atoms with Crippen molar-refractivity contribution in [1.29, 1.82) is 0 Å². The fourth-order valence-corrected chi connectivity index (χ4v) is 2.70. The highest BCUT2D eigenvalue weighted by Gasteiger charge is 2.11. The standard InChI is InChI=1S/C18H15N5O2/c1-12-5-4-7-13-16(12)18(24)23(11-20-13)10-8-15-21-17(22-25-15)14-6-2-3-9-19-14/h2-7,9,11H,8,10H2,1H3. The lowest BCUT2D eigenvalue weighted by Crippen LogP contribution is -2.22. The molecule has 0 saturated heterocycles. The van der Waals surface area contributed by atoms with Gasteiger partial charge in [0, 0.05) is 19.2 Å². The zero-order valence-electron chi connectivity index (χ0n) is 13.6. The van der Waals surface area contributed by atoms with E-state index < -0.39 is 0 Å². The van der Waals surface area contributed by atoms with Gasteiger partial charge in [0.1, 0.15) is 5.69 Å². The van der Waals surface area contributed by atoms with Crippen molar-refractivity contribution in [1.82, 2.24) is 24.7 Å². The van der Waals surface area contributed by atoms with Crippen LogP contribution in [0.4, 0.5) is 0 Å². The van der Waals surface area contributed by atoms with Crippen molar-refractivity contribution in [3.8, 4) is 11.5 Å². The third-order valence-electron chi connectivity index (χ3n) is 3.99. The molecule has 0 saturated carbocycles. The summed E-state index contributed by atoms with van der Waals surface area (Å²) in [6, 6.07) is 11.1. The second kappa shape index (κ2) is 6.27. The number of aromatic nitrogens is 5. The van der Waals surface area contributed by atoms with E-state index in [-0.39, 0.29) is 5.56 Å². The first-order valence-electron chi connectivity index (χ1n) is 7.91. The van der Waals surface area contributed by atoms with Gasteiger partial charge >= 0.3 is 0 Å². The summed E-state index contributed by atoms with van der Waals surface area (Å²) >= 11 is 0. The summed E-state index contributed by atoms with van der Waals surface area (Å²) in [6.45, 7) is 2.33. The van der Waals surface area contributed by atoms with Gasteiger partial charge in [-0.1, -0.05) is 23.4 Å². The minimum absolute atomic E-state index is 0.0624. The van der Waals surface area contributed by atoms with E-state index in [1.54, 1.807) is 17.1 Å². The highest BCUT2D eigenvalue weighted by Crippen LogP contribution is 2.13. The summed E-state index contributed by atoms with van der Waals surface area (Å²) in [5, 5.41) is 4.58. The molecule has 3 heterocycles. The molecule has 3 aromatic heterocycles. The zero-order chi connectivity index (χ0) is 17.2. The SMILES string of the molecule is Cc1cccc2ncn(CCc3nc(-c4ccccn4)no3)c(=O)c12. The number of pyridine rings is 1. The van der Waals surface area contributed by atoms with E-state index in [0.717, 1.165) is 5.56 Å². The van der Waals surface area contributed by atoms with Crippen LogP contribution in [0.15, 0.2) is 58.2 Å². The molecule has 0 spiro atoms. The van der Waals surface area contributed by atoms with Crippen molar-refractivity contribution in [3.05, 3.63) is 70.7 Å². The molecule has 0 aliphatic carbocycles. The molecule has 4 rings (SSSR count). The first-order valence-corrected chi connectivity index (χ1v) is 7.91. The Bertz CT molecular complexity index is 1090. The van der Waals surface area contributed by atoms with Crippen LogP contribution in [0.1, 0.15) is 11.5 Å². The summed E-state index contributed by atoms with van der Waals surface area (Å²) in [5.74, 6) is 0.896. The Morgan fingerprint density at radius 3 is 2.88 bits per heavy atom. The number of hydrogen-bond acceptors (Lipinski definition) is 6. The van der Waals surface area contributed by atoms with Crippen molar-refractivity contribution in [3.63, 3.8) is 0 Å². The topological polar surface area (TPSA) is 86.7 Å². The molecule has 0 bridgehead atoms. The van der Waals surface area contributed by atoms with Gasteiger partial charge in [0.25, 0.3) is 5.56 Å². The zero-order valence-corrected chi connectivity index (χ0v) is 13.6. The fourth-order valence-electron chi connectivity index (χ4n) is 2.70. The van der Waals surface area contributed by atoms with Crippen LogP contribution < -0.4 is 5.56 Å². The molecule has 0 amide bonds. The van der Waals surface area contributed by atoms with Crippen molar-refractivity contribution in [2.45, 2.75) is 19.9 Å². The van der Waals surface area contributed by atoms with Gasteiger partial charge in [-0.05, 0) is 30.7 Å². The molecule has 1 aromatic carbocycles. The summed E-state index contributed by atoms with van der Waals surface area (Å²) < 4.78 is 6.82. The second-order valence-electron chi connectivity index (χ2n) is 5.69. The molecule has 0 radical (unpaired) electrons. The quantitative estimate of drug-likeness (QED) is 0.570. The number of hydrogen-bond donors (Lipinski definition) is 0. The number of fused-ring (bicyclic) bond motifs is 1. The van der Waals surface area contributed by atoms with E-state index in [9.17, 15) is 4.79 Å². The van der Waals surface area contributed by atoms with Gasteiger partial charge in [0.05, 0.1) is 17.2 Å². The summed E-state index contributed by atoms with van der Waals surface area (Å²) in [5.41, 5.74) is 2.21. The molecule has 0 atom stereocenters. The van der Waals surface area contributed by atoms with Gasteiger partial charge in [-0.3, -0.25) is 14.3 Å². The van der Waals surface area contributed by atoms with Crippen molar-refractivity contribution in [2.75, 3.05) is 0 Å². The third-order valence-corrected chi connectivity index (χ3v) is 3.99. The molecule has 124 valence electrons. The van der Waals surface area contributed by atoms with Crippen LogP contribution in [-0.4, -0.2) is 24.7 Å². The fraction of sp³-hybridized carbons (Fsp3) is 0.167. The van der Waals surface area contributed by atoms with Crippen LogP contribution >= 0.6 is 0 Å². The van der Waals surface area contributed by atoms with Gasteiger partial charge in [-0.25, -0.2) is 4.98 Å². The molecule has 0 fully saturated rings. The van der Waals surface area contributed by atoms with Crippen LogP contribution in [0.25, 0.3) is 22.4 Å². The van der Waals surface area contributed by atoms with E-state index in [0.29, 0.717) is 41.3 Å². The Labute approximate surface area is 143 Å². The molecule has 4 aromatic rings. The molecule has 25 heavy (non-hydrogen) atoms. The van der Waals surface area contributed by atoms with E-state index >= 15 is 0 Å². The summed E-state index contributed by atoms with van der Waals surface area (Å²) in [6.07, 6.45) is 3.67. The van der Waals surface area contributed by atoms with Gasteiger partial charge in [-0.2, -0.15) is 4.98 Å². The minimum Gasteiger partial charge on any atom is -0.339 e. The highest BCUT2D eigenvalue weighted by atomic mass is 16.5. The van der Waals surface area contributed by atoms with Crippen LogP contribution in [-0.2, 0) is 13.0 Å².